The van der Waals surface area contributed by atoms with Gasteiger partial charge in [-0.05, 0) is 0 Å². The highest BCUT2D eigenvalue weighted by atomic mass is 19.4. The van der Waals surface area contributed by atoms with Crippen LogP contribution in [0.5, 0.6) is 0 Å². The number of amides is 1. The quantitative estimate of drug-likeness (QED) is 0.820. The van der Waals surface area contributed by atoms with Gasteiger partial charge in [0.2, 0.25) is 11.9 Å². The van der Waals surface area contributed by atoms with Gasteiger partial charge in [-0.1, -0.05) is 0 Å². The molecule has 3 N–H and O–H groups in total. The van der Waals surface area contributed by atoms with Crippen LogP contribution in [0.3, 0.4) is 0 Å². The molecule has 11 heteroatoms. The highest BCUT2D eigenvalue weighted by Crippen LogP contribution is 2.30. The van der Waals surface area contributed by atoms with Crippen molar-refractivity contribution in [2.75, 3.05) is 24.5 Å². The average molecular weight is 355 g/mol. The first-order valence-electron chi connectivity index (χ1n) is 7.54. The second-order valence-electron chi connectivity index (χ2n) is 5.65. The van der Waals surface area contributed by atoms with E-state index in [-0.39, 0.29) is 24.2 Å². The summed E-state index contributed by atoms with van der Waals surface area (Å²) in [5.74, 6) is -0.452. The van der Waals surface area contributed by atoms with Crippen molar-refractivity contribution in [1.82, 2.24) is 24.8 Å². The number of rotatable bonds is 4. The Labute approximate surface area is 140 Å². The van der Waals surface area contributed by atoms with E-state index in [0.717, 1.165) is 6.07 Å². The largest absolute Gasteiger partial charge is 0.433 e. The van der Waals surface area contributed by atoms with Crippen LogP contribution >= 0.6 is 0 Å². The van der Waals surface area contributed by atoms with Crippen LogP contribution in [0.4, 0.5) is 19.0 Å². The van der Waals surface area contributed by atoms with Crippen molar-refractivity contribution in [3.8, 4) is 5.95 Å². The van der Waals surface area contributed by atoms with Crippen molar-refractivity contribution in [3.63, 3.8) is 0 Å². The zero-order valence-corrected chi connectivity index (χ0v) is 13.1. The van der Waals surface area contributed by atoms with Gasteiger partial charge in [0, 0.05) is 50.6 Å². The van der Waals surface area contributed by atoms with Gasteiger partial charge in [0.25, 0.3) is 0 Å². The minimum Gasteiger partial charge on any atom is -0.370 e. The van der Waals surface area contributed by atoms with E-state index in [2.05, 4.69) is 20.3 Å². The van der Waals surface area contributed by atoms with Gasteiger partial charge in [-0.15, -0.1) is 0 Å². The molecule has 0 bridgehead atoms. The van der Waals surface area contributed by atoms with Gasteiger partial charge in [-0.2, -0.15) is 18.2 Å². The number of primary amides is 1. The van der Waals surface area contributed by atoms with Crippen molar-refractivity contribution in [2.24, 2.45) is 5.73 Å². The molecule has 1 unspecified atom stereocenters. The summed E-state index contributed by atoms with van der Waals surface area (Å²) in [5.41, 5.74) is 4.16. The van der Waals surface area contributed by atoms with Gasteiger partial charge in [-0.25, -0.2) is 9.97 Å². The molecule has 8 nitrogen and oxygen atoms in total. The molecule has 0 saturated carbocycles. The van der Waals surface area contributed by atoms with Gasteiger partial charge in [-0.3, -0.25) is 9.36 Å². The van der Waals surface area contributed by atoms with Gasteiger partial charge < -0.3 is 16.0 Å². The lowest BCUT2D eigenvalue weighted by Gasteiger charge is -2.34. The molecule has 134 valence electrons. The Bertz CT molecular complexity index is 747. The number of anilines is 1. The third kappa shape index (κ3) is 4.05. The van der Waals surface area contributed by atoms with Crippen LogP contribution in [0.15, 0.2) is 24.8 Å². The fraction of sp³-hybridized carbons (Fsp3) is 0.429. The second-order valence-corrected chi connectivity index (χ2v) is 5.65. The highest BCUT2D eigenvalue weighted by molar-refractivity contribution is 5.74. The Kier molecular flexibility index (Phi) is 4.57. The number of carbonyl (C=O) groups excluding carboxylic acids is 1. The molecule has 25 heavy (non-hydrogen) atoms. The maximum absolute atomic E-state index is 13.2. The number of carbonyl (C=O) groups is 1. The van der Waals surface area contributed by atoms with Crippen LogP contribution < -0.4 is 16.0 Å². The van der Waals surface area contributed by atoms with Crippen molar-refractivity contribution in [2.45, 2.75) is 18.6 Å². The Morgan fingerprint density at radius 1 is 1.40 bits per heavy atom. The van der Waals surface area contributed by atoms with Crippen LogP contribution in [0.1, 0.15) is 12.1 Å². The Hall–Kier alpha value is -2.69. The minimum absolute atomic E-state index is 0.0993. The molecule has 1 aliphatic rings. The van der Waals surface area contributed by atoms with E-state index in [4.69, 9.17) is 5.73 Å². The summed E-state index contributed by atoms with van der Waals surface area (Å²) in [7, 11) is 0. The van der Waals surface area contributed by atoms with Crippen molar-refractivity contribution < 1.29 is 18.0 Å². The number of aromatic nitrogens is 4. The molecular weight excluding hydrogens is 339 g/mol. The van der Waals surface area contributed by atoms with Crippen LogP contribution in [0, 0.1) is 0 Å². The van der Waals surface area contributed by atoms with E-state index in [1.165, 1.54) is 23.3 Å². The Morgan fingerprint density at radius 2 is 2.20 bits per heavy atom. The summed E-state index contributed by atoms with van der Waals surface area (Å²) < 4.78 is 40.9. The summed E-state index contributed by atoms with van der Waals surface area (Å²) in [6, 6.07) is 0.667. The maximum Gasteiger partial charge on any atom is 0.433 e. The van der Waals surface area contributed by atoms with E-state index >= 15 is 0 Å². The number of nitrogens with one attached hydrogen (secondary N) is 1. The Balaban J connectivity index is 1.94. The van der Waals surface area contributed by atoms with Crippen molar-refractivity contribution >= 4 is 11.7 Å². The molecule has 1 atom stereocenters. The lowest BCUT2D eigenvalue weighted by molar-refractivity contribution is -0.141. The zero-order valence-electron chi connectivity index (χ0n) is 13.1. The normalized spacial score (nSPS) is 18.4. The molecule has 0 aliphatic carbocycles. The van der Waals surface area contributed by atoms with Crippen LogP contribution in [0.2, 0.25) is 0 Å². The fourth-order valence-corrected chi connectivity index (χ4v) is 2.64. The average Bonchev–Trinajstić information content (AvgIpc) is 3.08. The van der Waals surface area contributed by atoms with Gasteiger partial charge >= 0.3 is 6.18 Å². The summed E-state index contributed by atoms with van der Waals surface area (Å²) in [6.45, 7) is 1.28. The minimum atomic E-state index is -4.60. The number of nitrogens with two attached hydrogens (primary N) is 1. The smallest absolute Gasteiger partial charge is 0.370 e. The van der Waals surface area contributed by atoms with Crippen LogP contribution in [-0.2, 0) is 11.0 Å². The standard InChI is InChI=1S/C14H16F3N7O/c15-14(16,17)10-6-12(22-13(21-10)24-3-1-19-8-24)23-4-2-20-9(7-23)5-11(18)25/h1,3,6,8-9,20H,2,4-5,7H2,(H2,18,25). The fourth-order valence-electron chi connectivity index (χ4n) is 2.64. The number of nitrogens with zero attached hydrogens (tertiary/aromatic N) is 5. The number of halogens is 3. The molecule has 3 heterocycles. The number of imidazole rings is 1. The van der Waals surface area contributed by atoms with E-state index in [9.17, 15) is 18.0 Å². The van der Waals surface area contributed by atoms with Crippen LogP contribution in [0.25, 0.3) is 5.95 Å². The molecular formula is C14H16F3N7O. The van der Waals surface area contributed by atoms with Crippen molar-refractivity contribution in [1.29, 1.82) is 0 Å². The number of hydrogen-bond acceptors (Lipinski definition) is 6. The predicted molar refractivity (Wildman–Crippen MR) is 82.0 cm³/mol. The molecule has 0 radical (unpaired) electrons. The summed E-state index contributed by atoms with van der Waals surface area (Å²) in [6.07, 6.45) is -0.285. The van der Waals surface area contributed by atoms with E-state index < -0.39 is 17.8 Å². The molecule has 2 aromatic rings. The second kappa shape index (κ2) is 6.67. The van der Waals surface area contributed by atoms with E-state index in [0.29, 0.717) is 19.6 Å². The number of piperazine rings is 1. The summed E-state index contributed by atoms with van der Waals surface area (Å²) in [4.78, 5) is 24.4. The van der Waals surface area contributed by atoms with E-state index in [1.54, 1.807) is 4.90 Å². The topological polar surface area (TPSA) is 102 Å². The van der Waals surface area contributed by atoms with Gasteiger partial charge in [0.1, 0.15) is 12.1 Å². The molecule has 1 aliphatic heterocycles. The van der Waals surface area contributed by atoms with Crippen LogP contribution in [-0.4, -0.2) is 51.1 Å². The van der Waals surface area contributed by atoms with Gasteiger partial charge in [0.05, 0.1) is 0 Å². The lowest BCUT2D eigenvalue weighted by atomic mass is 10.1. The molecule has 1 fully saturated rings. The zero-order chi connectivity index (χ0) is 18.0. The SMILES string of the molecule is NC(=O)CC1CN(c2cc(C(F)(F)F)nc(-n3ccnc3)n2)CCN1. The maximum atomic E-state index is 13.2. The molecule has 0 aromatic carbocycles. The third-order valence-corrected chi connectivity index (χ3v) is 3.75. The molecule has 1 saturated heterocycles. The third-order valence-electron chi connectivity index (χ3n) is 3.75. The highest BCUT2D eigenvalue weighted by Gasteiger charge is 2.35. The summed E-state index contributed by atoms with van der Waals surface area (Å²) in [5, 5.41) is 3.11. The first-order chi connectivity index (χ1) is 11.8. The summed E-state index contributed by atoms with van der Waals surface area (Å²) >= 11 is 0. The van der Waals surface area contributed by atoms with Gasteiger partial charge in [0.15, 0.2) is 5.69 Å². The molecule has 2 aromatic heterocycles. The molecule has 3 rings (SSSR count). The monoisotopic (exact) mass is 355 g/mol. The predicted octanol–water partition coefficient (Wildman–Crippen LogP) is 0.335. The van der Waals surface area contributed by atoms with Crippen molar-refractivity contribution in [3.05, 3.63) is 30.5 Å². The first-order valence-corrected chi connectivity index (χ1v) is 7.54. The number of hydrogen-bond donors (Lipinski definition) is 2. The number of alkyl halides is 3. The molecule has 1 amide bonds. The Morgan fingerprint density at radius 3 is 2.84 bits per heavy atom. The van der Waals surface area contributed by atoms with E-state index in [1.807, 2.05) is 0 Å². The lowest BCUT2D eigenvalue weighted by Crippen LogP contribution is -2.52. The first kappa shape index (κ1) is 17.1. The molecule has 0 spiro atoms.